The van der Waals surface area contributed by atoms with Gasteiger partial charge in [0.25, 0.3) is 0 Å². The minimum absolute atomic E-state index is 0.173. The first kappa shape index (κ1) is 66.0. The Morgan fingerprint density at radius 3 is 1.12 bits per heavy atom. The maximum atomic E-state index is 12.9. The molecule has 3 unspecified atom stereocenters. The lowest BCUT2D eigenvalue weighted by atomic mass is 10.1. The van der Waals surface area contributed by atoms with Crippen LogP contribution in [0.15, 0.2) is 24.3 Å². The second kappa shape index (κ2) is 51.3. The normalized spacial score (nSPS) is 13.5. The average molecular weight is 985 g/mol. The number of aliphatic hydroxyl groups is 1. The van der Waals surface area contributed by atoms with Crippen LogP contribution in [-0.4, -0.2) is 66.5 Å². The Kier molecular flexibility index (Phi) is 49.8. The van der Waals surface area contributed by atoms with Gasteiger partial charge in [0.05, 0.1) is 19.8 Å². The van der Waals surface area contributed by atoms with E-state index >= 15 is 0 Å². The van der Waals surface area contributed by atoms with Crippen LogP contribution in [0.4, 0.5) is 0 Å². The van der Waals surface area contributed by atoms with Crippen molar-refractivity contribution in [1.82, 2.24) is 0 Å². The highest BCUT2D eigenvalue weighted by Gasteiger charge is 2.28. The Hall–Kier alpha value is -2.04. The number of ether oxygens (including phenoxy) is 3. The molecule has 12 heteroatoms. The fourth-order valence-corrected chi connectivity index (χ4v) is 8.82. The smallest absolute Gasteiger partial charge is 0.462 e. The largest absolute Gasteiger partial charge is 0.472 e. The topological polar surface area (TPSA) is 155 Å². The predicted octanol–water partition coefficient (Wildman–Crippen LogP) is 16.3. The molecule has 0 aromatic heterocycles. The van der Waals surface area contributed by atoms with Crippen molar-refractivity contribution >= 4 is 25.7 Å². The molecular weight excluding hydrogens is 880 g/mol. The third-order valence-electron chi connectivity index (χ3n) is 12.4. The number of aliphatic hydroxyl groups excluding tert-OH is 1. The third-order valence-corrected chi connectivity index (χ3v) is 13.3. The molecule has 0 aliphatic carbocycles. The van der Waals surface area contributed by atoms with Gasteiger partial charge in [0.2, 0.25) is 0 Å². The maximum Gasteiger partial charge on any atom is 0.472 e. The Morgan fingerprint density at radius 2 is 0.721 bits per heavy atom. The molecule has 3 atom stereocenters. The van der Waals surface area contributed by atoms with Crippen LogP contribution in [-0.2, 0) is 42.2 Å². The van der Waals surface area contributed by atoms with Gasteiger partial charge in [0.15, 0.2) is 6.10 Å². The minimum Gasteiger partial charge on any atom is -0.462 e. The predicted molar refractivity (Wildman–Crippen MR) is 280 cm³/mol. The van der Waals surface area contributed by atoms with Crippen molar-refractivity contribution in [2.75, 3.05) is 26.4 Å². The Bertz CT molecular complexity index is 1240. The van der Waals surface area contributed by atoms with Gasteiger partial charge < -0.3 is 24.2 Å². The highest BCUT2D eigenvalue weighted by Crippen LogP contribution is 2.43. The highest BCUT2D eigenvalue weighted by atomic mass is 31.2. The van der Waals surface area contributed by atoms with Crippen molar-refractivity contribution in [1.29, 1.82) is 0 Å². The van der Waals surface area contributed by atoms with Gasteiger partial charge in [-0.25, -0.2) is 4.57 Å². The molecule has 0 spiro atoms. The summed E-state index contributed by atoms with van der Waals surface area (Å²) in [5.74, 6) is -1.45. The van der Waals surface area contributed by atoms with Crippen molar-refractivity contribution in [2.45, 2.75) is 290 Å². The van der Waals surface area contributed by atoms with E-state index in [9.17, 15) is 28.9 Å². The second-order valence-corrected chi connectivity index (χ2v) is 20.6. The Morgan fingerprint density at radius 1 is 0.412 bits per heavy atom. The second-order valence-electron chi connectivity index (χ2n) is 19.1. The Balaban J connectivity index is 4.64. The van der Waals surface area contributed by atoms with E-state index in [2.05, 4.69) is 45.1 Å². The zero-order valence-corrected chi connectivity index (χ0v) is 45.0. The van der Waals surface area contributed by atoms with E-state index in [0.29, 0.717) is 19.3 Å². The molecule has 0 saturated carbocycles. The molecule has 0 aliphatic heterocycles. The van der Waals surface area contributed by atoms with Crippen LogP contribution in [0.25, 0.3) is 0 Å². The van der Waals surface area contributed by atoms with Crippen LogP contribution >= 0.6 is 7.82 Å². The van der Waals surface area contributed by atoms with E-state index < -0.39 is 57.8 Å². The number of allylic oxidation sites excluding steroid dienone is 4. The number of esters is 3. The Labute approximate surface area is 417 Å². The summed E-state index contributed by atoms with van der Waals surface area (Å²) in [6.45, 7) is 4.63. The summed E-state index contributed by atoms with van der Waals surface area (Å²) in [6.07, 6.45) is 50.0. The number of hydrogen-bond acceptors (Lipinski definition) is 10. The summed E-state index contributed by atoms with van der Waals surface area (Å²) in [5.41, 5.74) is 0. The molecule has 68 heavy (non-hydrogen) atoms. The van der Waals surface area contributed by atoms with Gasteiger partial charge >= 0.3 is 25.7 Å². The number of phosphoric acid groups is 1. The van der Waals surface area contributed by atoms with Crippen molar-refractivity contribution in [3.05, 3.63) is 24.3 Å². The lowest BCUT2D eigenvalue weighted by molar-refractivity contribution is -0.161. The SMILES string of the molecule is CCCCC/C=C\C/C=C\CCCCCCCCCCCC(=O)OCC(COP(=O)(O)OCC(CO)OC(=O)CCCCCCCCCCCCC)OC(=O)CCCCCCCCCCCCC. The highest BCUT2D eigenvalue weighted by molar-refractivity contribution is 7.47. The monoisotopic (exact) mass is 985 g/mol. The molecule has 0 aromatic carbocycles. The van der Waals surface area contributed by atoms with Gasteiger partial charge in [-0.2, -0.15) is 0 Å². The molecule has 11 nitrogen and oxygen atoms in total. The van der Waals surface area contributed by atoms with Crippen molar-refractivity contribution < 1.29 is 52.2 Å². The summed E-state index contributed by atoms with van der Waals surface area (Å²) < 4.78 is 39.4. The number of unbranched alkanes of at least 4 members (excludes halogenated alkanes) is 32. The van der Waals surface area contributed by atoms with Crippen molar-refractivity contribution in [2.24, 2.45) is 0 Å². The molecule has 0 aliphatic rings. The minimum atomic E-state index is -4.73. The summed E-state index contributed by atoms with van der Waals surface area (Å²) in [5, 5.41) is 9.77. The maximum absolute atomic E-state index is 12.9. The lowest BCUT2D eigenvalue weighted by Crippen LogP contribution is -2.30. The number of carbonyl (C=O) groups is 3. The van der Waals surface area contributed by atoms with Crippen LogP contribution < -0.4 is 0 Å². The van der Waals surface area contributed by atoms with Gasteiger partial charge in [0.1, 0.15) is 12.7 Å². The van der Waals surface area contributed by atoms with Crippen LogP contribution in [0.2, 0.25) is 0 Å². The third kappa shape index (κ3) is 49.0. The van der Waals surface area contributed by atoms with Crippen LogP contribution in [0, 0.1) is 0 Å². The molecule has 0 rings (SSSR count). The van der Waals surface area contributed by atoms with Crippen molar-refractivity contribution in [3.63, 3.8) is 0 Å². The number of carbonyl (C=O) groups excluding carboxylic acids is 3. The molecule has 0 aromatic rings. The number of hydrogen-bond donors (Lipinski definition) is 2. The van der Waals surface area contributed by atoms with Crippen molar-refractivity contribution in [3.8, 4) is 0 Å². The lowest BCUT2D eigenvalue weighted by Gasteiger charge is -2.21. The van der Waals surface area contributed by atoms with Gasteiger partial charge in [-0.05, 0) is 51.4 Å². The van der Waals surface area contributed by atoms with Gasteiger partial charge in [-0.1, -0.05) is 231 Å². The molecule has 2 N–H and O–H groups in total. The standard InChI is InChI=1S/C56H105O11P/c1-4-7-10-13-16-19-22-23-24-25-26-27-28-29-32-33-36-39-42-45-54(58)63-49-53(67-56(60)47-44-41-38-35-31-21-18-15-12-9-6-3)51-65-68(61,62)64-50-52(48-57)66-55(59)46-43-40-37-34-30-20-17-14-11-8-5-2/h16,19,23-24,52-53,57H,4-15,17-18,20-22,25-51H2,1-3H3,(H,61,62)/b19-16-,24-23-. The average Bonchev–Trinajstić information content (AvgIpc) is 3.32. The molecule has 0 heterocycles. The number of phosphoric ester groups is 1. The van der Waals surface area contributed by atoms with E-state index in [0.717, 1.165) is 70.6 Å². The van der Waals surface area contributed by atoms with E-state index in [-0.39, 0.29) is 25.9 Å². The molecule has 400 valence electrons. The molecular formula is C56H105O11P. The molecule has 0 saturated heterocycles. The van der Waals surface area contributed by atoms with E-state index in [1.165, 1.54) is 148 Å². The van der Waals surface area contributed by atoms with Crippen LogP contribution in [0.5, 0.6) is 0 Å². The fourth-order valence-electron chi connectivity index (χ4n) is 8.03. The summed E-state index contributed by atoms with van der Waals surface area (Å²) >= 11 is 0. The van der Waals surface area contributed by atoms with E-state index in [1.54, 1.807) is 0 Å². The quantitative estimate of drug-likeness (QED) is 0.0197. The van der Waals surface area contributed by atoms with E-state index in [1.807, 2.05) is 0 Å². The fraction of sp³-hybridized carbons (Fsp3) is 0.875. The molecule has 0 amide bonds. The molecule has 0 bridgehead atoms. The van der Waals surface area contributed by atoms with Gasteiger partial charge in [-0.15, -0.1) is 0 Å². The summed E-state index contributed by atoms with van der Waals surface area (Å²) in [7, 11) is -4.73. The van der Waals surface area contributed by atoms with Gasteiger partial charge in [0, 0.05) is 19.3 Å². The number of rotatable bonds is 53. The van der Waals surface area contributed by atoms with E-state index in [4.69, 9.17) is 23.3 Å². The van der Waals surface area contributed by atoms with Crippen LogP contribution in [0.1, 0.15) is 278 Å². The summed E-state index contributed by atoms with van der Waals surface area (Å²) in [6, 6.07) is 0. The molecule has 0 radical (unpaired) electrons. The van der Waals surface area contributed by atoms with Crippen LogP contribution in [0.3, 0.4) is 0 Å². The first-order chi connectivity index (χ1) is 33.2. The zero-order valence-electron chi connectivity index (χ0n) is 44.1. The first-order valence-corrected chi connectivity index (χ1v) is 29.7. The van der Waals surface area contributed by atoms with Gasteiger partial charge in [-0.3, -0.25) is 23.4 Å². The summed E-state index contributed by atoms with van der Waals surface area (Å²) in [4.78, 5) is 48.4. The molecule has 0 fully saturated rings. The zero-order chi connectivity index (χ0) is 49.9. The first-order valence-electron chi connectivity index (χ1n) is 28.2.